The van der Waals surface area contributed by atoms with Gasteiger partial charge in [-0.2, -0.15) is 0 Å². The molecule has 0 spiro atoms. The molecule has 0 fully saturated rings. The molecule has 144 valence electrons. The quantitative estimate of drug-likeness (QED) is 0.575. The summed E-state index contributed by atoms with van der Waals surface area (Å²) in [7, 11) is 0. The smallest absolute Gasteiger partial charge is 0.251 e. The van der Waals surface area contributed by atoms with E-state index in [0.717, 1.165) is 31.0 Å². The summed E-state index contributed by atoms with van der Waals surface area (Å²) in [6, 6.07) is 14.6. The summed E-state index contributed by atoms with van der Waals surface area (Å²) in [5.74, 6) is -0.0783. The zero-order chi connectivity index (χ0) is 19.6. The zero-order valence-corrected chi connectivity index (χ0v) is 17.2. The van der Waals surface area contributed by atoms with E-state index >= 15 is 0 Å². The maximum absolute atomic E-state index is 12.2. The van der Waals surface area contributed by atoms with Gasteiger partial charge < -0.3 is 20.9 Å². The number of anilines is 2. The summed E-state index contributed by atoms with van der Waals surface area (Å²) >= 11 is 11.4. The highest BCUT2D eigenvalue weighted by Gasteiger charge is 2.07. The van der Waals surface area contributed by atoms with E-state index in [1.165, 1.54) is 0 Å². The van der Waals surface area contributed by atoms with Gasteiger partial charge in [0.2, 0.25) is 0 Å². The molecule has 0 aliphatic carbocycles. The Hall–Kier alpha value is -2.15. The largest absolute Gasteiger partial charge is 0.351 e. The maximum Gasteiger partial charge on any atom is 0.251 e. The van der Waals surface area contributed by atoms with Crippen LogP contribution in [0.25, 0.3) is 0 Å². The van der Waals surface area contributed by atoms with Gasteiger partial charge >= 0.3 is 0 Å². The third kappa shape index (κ3) is 6.82. The average molecular weight is 405 g/mol. The molecule has 0 heterocycles. The molecule has 0 aliphatic heterocycles. The molecular formula is C20H25ClN4OS. The van der Waals surface area contributed by atoms with Crippen molar-refractivity contribution in [2.75, 3.05) is 36.8 Å². The number of nitrogens with zero attached hydrogens (tertiary/aromatic N) is 1. The van der Waals surface area contributed by atoms with Gasteiger partial charge in [0, 0.05) is 24.3 Å². The zero-order valence-electron chi connectivity index (χ0n) is 15.6. The molecule has 7 heteroatoms. The topological polar surface area (TPSA) is 56.4 Å². The van der Waals surface area contributed by atoms with Gasteiger partial charge in [-0.3, -0.25) is 4.79 Å². The van der Waals surface area contributed by atoms with Crippen LogP contribution in [0.15, 0.2) is 48.5 Å². The van der Waals surface area contributed by atoms with E-state index in [1.54, 1.807) is 18.2 Å². The molecule has 0 radical (unpaired) electrons. The second kappa shape index (κ2) is 10.9. The van der Waals surface area contributed by atoms with Crippen LogP contribution < -0.4 is 16.0 Å². The SMILES string of the molecule is CCN(CC)CCNC(=O)c1ccc(NC(=S)Nc2ccccc2Cl)cc1. The van der Waals surface area contributed by atoms with Crippen molar-refractivity contribution in [3.63, 3.8) is 0 Å². The minimum atomic E-state index is -0.0783. The summed E-state index contributed by atoms with van der Waals surface area (Å²) in [6.07, 6.45) is 0. The molecule has 0 bridgehead atoms. The van der Waals surface area contributed by atoms with E-state index in [1.807, 2.05) is 30.3 Å². The van der Waals surface area contributed by atoms with Gasteiger partial charge in [0.25, 0.3) is 5.91 Å². The lowest BCUT2D eigenvalue weighted by atomic mass is 10.2. The van der Waals surface area contributed by atoms with Gasteiger partial charge in [-0.15, -0.1) is 0 Å². The standard InChI is InChI=1S/C20H25ClN4OS/c1-3-25(4-2)14-13-22-19(26)15-9-11-16(12-10-15)23-20(27)24-18-8-6-5-7-17(18)21/h5-12H,3-4,13-14H2,1-2H3,(H,22,26)(H2,23,24,27). The molecule has 0 aromatic heterocycles. The highest BCUT2D eigenvalue weighted by atomic mass is 35.5. The minimum absolute atomic E-state index is 0.0783. The van der Waals surface area contributed by atoms with Gasteiger partial charge in [0.05, 0.1) is 10.7 Å². The minimum Gasteiger partial charge on any atom is -0.351 e. The Balaban J connectivity index is 1.84. The molecule has 3 N–H and O–H groups in total. The molecule has 0 unspecified atom stereocenters. The fraction of sp³-hybridized carbons (Fsp3) is 0.300. The Bertz CT molecular complexity index is 763. The number of carbonyl (C=O) groups excluding carboxylic acids is 1. The summed E-state index contributed by atoms with van der Waals surface area (Å²) in [6.45, 7) is 7.67. The summed E-state index contributed by atoms with van der Waals surface area (Å²) < 4.78 is 0. The second-order valence-corrected chi connectivity index (χ2v) is 6.73. The predicted molar refractivity (Wildman–Crippen MR) is 118 cm³/mol. The molecule has 0 saturated carbocycles. The first kappa shape index (κ1) is 21.2. The third-order valence-corrected chi connectivity index (χ3v) is 4.67. The predicted octanol–water partition coefficient (Wildman–Crippen LogP) is 4.22. The van der Waals surface area contributed by atoms with Gasteiger partial charge in [-0.25, -0.2) is 0 Å². The van der Waals surface area contributed by atoms with Crippen LogP contribution in [0.2, 0.25) is 5.02 Å². The molecule has 0 saturated heterocycles. The number of hydrogen-bond donors (Lipinski definition) is 3. The van der Waals surface area contributed by atoms with Crippen LogP contribution in [0.1, 0.15) is 24.2 Å². The van der Waals surface area contributed by atoms with Crippen molar-refractivity contribution >= 4 is 46.2 Å². The van der Waals surface area contributed by atoms with E-state index in [0.29, 0.717) is 22.2 Å². The van der Waals surface area contributed by atoms with Crippen molar-refractivity contribution < 1.29 is 4.79 Å². The lowest BCUT2D eigenvalue weighted by Crippen LogP contribution is -2.34. The van der Waals surface area contributed by atoms with Crippen LogP contribution in [-0.4, -0.2) is 42.1 Å². The first-order valence-electron chi connectivity index (χ1n) is 8.96. The molecule has 2 aromatic rings. The number of para-hydroxylation sites is 1. The van der Waals surface area contributed by atoms with Gasteiger partial charge in [0.15, 0.2) is 5.11 Å². The van der Waals surface area contributed by atoms with Gasteiger partial charge in [0.1, 0.15) is 0 Å². The molecule has 0 atom stereocenters. The highest BCUT2D eigenvalue weighted by molar-refractivity contribution is 7.80. The molecule has 0 aliphatic rings. The van der Waals surface area contributed by atoms with Crippen LogP contribution in [0, 0.1) is 0 Å². The molecule has 1 amide bonds. The van der Waals surface area contributed by atoms with Crippen LogP contribution >= 0.6 is 23.8 Å². The van der Waals surface area contributed by atoms with Crippen molar-refractivity contribution in [3.8, 4) is 0 Å². The number of carbonyl (C=O) groups is 1. The average Bonchev–Trinajstić information content (AvgIpc) is 2.67. The number of nitrogens with one attached hydrogen (secondary N) is 3. The van der Waals surface area contributed by atoms with E-state index in [-0.39, 0.29) is 5.91 Å². The van der Waals surface area contributed by atoms with Crippen molar-refractivity contribution in [3.05, 3.63) is 59.1 Å². The van der Waals surface area contributed by atoms with E-state index in [4.69, 9.17) is 23.8 Å². The lowest BCUT2D eigenvalue weighted by Gasteiger charge is -2.18. The monoisotopic (exact) mass is 404 g/mol. The fourth-order valence-corrected chi connectivity index (χ4v) is 2.93. The van der Waals surface area contributed by atoms with E-state index in [2.05, 4.69) is 34.7 Å². The number of benzene rings is 2. The Morgan fingerprint density at radius 3 is 2.33 bits per heavy atom. The molecule has 5 nitrogen and oxygen atoms in total. The van der Waals surface area contributed by atoms with Gasteiger partial charge in [-0.05, 0) is 61.7 Å². The van der Waals surface area contributed by atoms with Crippen LogP contribution in [0.5, 0.6) is 0 Å². The van der Waals surface area contributed by atoms with Crippen molar-refractivity contribution in [1.29, 1.82) is 0 Å². The third-order valence-electron chi connectivity index (χ3n) is 4.14. The van der Waals surface area contributed by atoms with Gasteiger partial charge in [-0.1, -0.05) is 37.6 Å². The highest BCUT2D eigenvalue weighted by Crippen LogP contribution is 2.20. The van der Waals surface area contributed by atoms with Crippen LogP contribution in [0.4, 0.5) is 11.4 Å². The number of amides is 1. The fourth-order valence-electron chi connectivity index (χ4n) is 2.52. The number of halogens is 1. The first-order chi connectivity index (χ1) is 13.0. The number of rotatable bonds is 8. The van der Waals surface area contributed by atoms with Crippen LogP contribution in [0.3, 0.4) is 0 Å². The maximum atomic E-state index is 12.2. The number of thiocarbonyl (C=S) groups is 1. The Morgan fingerprint density at radius 2 is 1.70 bits per heavy atom. The van der Waals surface area contributed by atoms with Crippen molar-refractivity contribution in [1.82, 2.24) is 10.2 Å². The van der Waals surface area contributed by atoms with Crippen molar-refractivity contribution in [2.24, 2.45) is 0 Å². The van der Waals surface area contributed by atoms with E-state index in [9.17, 15) is 4.79 Å². The molecular weight excluding hydrogens is 380 g/mol. The Labute approximate surface area is 171 Å². The lowest BCUT2D eigenvalue weighted by molar-refractivity contribution is 0.0949. The number of likely N-dealkylation sites (N-methyl/N-ethyl adjacent to an activating group) is 1. The summed E-state index contributed by atoms with van der Waals surface area (Å²) in [5.41, 5.74) is 2.14. The first-order valence-corrected chi connectivity index (χ1v) is 9.75. The number of hydrogen-bond acceptors (Lipinski definition) is 3. The summed E-state index contributed by atoms with van der Waals surface area (Å²) in [4.78, 5) is 14.5. The second-order valence-electron chi connectivity index (χ2n) is 5.92. The van der Waals surface area contributed by atoms with Crippen LogP contribution in [-0.2, 0) is 0 Å². The summed E-state index contributed by atoms with van der Waals surface area (Å²) in [5, 5.41) is 10.1. The van der Waals surface area contributed by atoms with E-state index < -0.39 is 0 Å². The molecule has 2 aromatic carbocycles. The normalized spacial score (nSPS) is 10.5. The molecule has 2 rings (SSSR count). The Morgan fingerprint density at radius 1 is 1.04 bits per heavy atom. The Kier molecular flexibility index (Phi) is 8.51. The molecule has 27 heavy (non-hydrogen) atoms. The van der Waals surface area contributed by atoms with Crippen molar-refractivity contribution in [2.45, 2.75) is 13.8 Å².